The number of nitrogens with zero attached hydrogens (tertiary/aromatic N) is 2. The minimum atomic E-state index is -1.12. The lowest BCUT2D eigenvalue weighted by Gasteiger charge is -2.10. The van der Waals surface area contributed by atoms with E-state index in [0.717, 1.165) is 17.0 Å². The third kappa shape index (κ3) is 4.37. The van der Waals surface area contributed by atoms with Crippen LogP contribution in [-0.4, -0.2) is 40.2 Å². The number of thiophene rings is 1. The average Bonchev–Trinajstić information content (AvgIpc) is 3.15. The second-order valence-electron chi connectivity index (χ2n) is 6.75. The predicted octanol–water partition coefficient (Wildman–Crippen LogP) is 4.13. The standard InChI is InChI=1S/C23H18N2O7S/c1-30-17-10-16-19(12-18(17)31-2)33-20(11-15(23(27)28)13-3-6-24-7-4-13)22(16)32-14-5-8-25(29)21(26)9-14/h3-12,29H,1-2H3,(H,27,28)/b15-11+. The van der Waals surface area contributed by atoms with E-state index >= 15 is 0 Å². The van der Waals surface area contributed by atoms with Crippen LogP contribution in [-0.2, 0) is 4.79 Å². The number of aromatic nitrogens is 2. The number of pyridine rings is 2. The fourth-order valence-electron chi connectivity index (χ4n) is 3.19. The van der Waals surface area contributed by atoms with Crippen LogP contribution in [0.5, 0.6) is 23.0 Å². The maximum absolute atomic E-state index is 12.0. The van der Waals surface area contributed by atoms with Crippen molar-refractivity contribution in [3.8, 4) is 23.0 Å². The summed E-state index contributed by atoms with van der Waals surface area (Å²) in [5, 5.41) is 19.9. The Labute approximate surface area is 191 Å². The van der Waals surface area contributed by atoms with Crippen LogP contribution in [0.4, 0.5) is 0 Å². The van der Waals surface area contributed by atoms with Gasteiger partial charge in [-0.2, -0.15) is 4.73 Å². The van der Waals surface area contributed by atoms with E-state index < -0.39 is 11.5 Å². The maximum atomic E-state index is 12.0. The fraction of sp³-hybridized carbons (Fsp3) is 0.0870. The second kappa shape index (κ2) is 9.05. The molecule has 0 saturated carbocycles. The van der Waals surface area contributed by atoms with Gasteiger partial charge >= 0.3 is 5.97 Å². The van der Waals surface area contributed by atoms with Gasteiger partial charge in [-0.1, -0.05) is 0 Å². The third-order valence-electron chi connectivity index (χ3n) is 4.76. The van der Waals surface area contributed by atoms with Gasteiger partial charge in [-0.3, -0.25) is 9.78 Å². The van der Waals surface area contributed by atoms with Crippen LogP contribution in [0, 0.1) is 0 Å². The van der Waals surface area contributed by atoms with Gasteiger partial charge in [-0.05, 0) is 29.8 Å². The van der Waals surface area contributed by atoms with Gasteiger partial charge < -0.3 is 24.5 Å². The molecule has 0 aliphatic carbocycles. The molecule has 3 aromatic heterocycles. The van der Waals surface area contributed by atoms with E-state index in [1.54, 1.807) is 24.3 Å². The molecule has 10 heteroatoms. The number of hydrogen-bond acceptors (Lipinski definition) is 8. The predicted molar refractivity (Wildman–Crippen MR) is 123 cm³/mol. The number of carbonyl (C=O) groups is 1. The van der Waals surface area contributed by atoms with Crippen LogP contribution in [0.2, 0.25) is 0 Å². The Hall–Kier alpha value is -4.31. The highest BCUT2D eigenvalue weighted by Crippen LogP contribution is 2.46. The van der Waals surface area contributed by atoms with E-state index in [0.29, 0.717) is 37.8 Å². The molecular formula is C23H18N2O7S. The third-order valence-corrected chi connectivity index (χ3v) is 5.84. The zero-order chi connectivity index (χ0) is 23.5. The van der Waals surface area contributed by atoms with Gasteiger partial charge in [-0.15, -0.1) is 11.3 Å². The molecule has 168 valence electrons. The van der Waals surface area contributed by atoms with Crippen LogP contribution in [0.15, 0.2) is 59.8 Å². The average molecular weight is 466 g/mol. The van der Waals surface area contributed by atoms with Crippen molar-refractivity contribution in [3.63, 3.8) is 0 Å². The summed E-state index contributed by atoms with van der Waals surface area (Å²) in [6, 6.07) is 9.22. The molecule has 2 N–H and O–H groups in total. The lowest BCUT2D eigenvalue weighted by atomic mass is 10.1. The summed E-state index contributed by atoms with van der Waals surface area (Å²) in [7, 11) is 3.02. The molecule has 0 unspecified atom stereocenters. The molecule has 0 amide bonds. The van der Waals surface area contributed by atoms with Crippen LogP contribution >= 0.6 is 11.3 Å². The van der Waals surface area contributed by atoms with Crippen molar-refractivity contribution in [1.82, 2.24) is 9.71 Å². The fourth-order valence-corrected chi connectivity index (χ4v) is 4.27. The SMILES string of the molecule is COc1cc2sc(/C=C(/C(=O)O)c3ccncc3)c(Oc3ccn(O)c(=O)c3)c2cc1OC. The minimum absolute atomic E-state index is 0.0403. The molecule has 0 spiro atoms. The van der Waals surface area contributed by atoms with Crippen LogP contribution in [0.1, 0.15) is 10.4 Å². The Morgan fingerprint density at radius 2 is 1.79 bits per heavy atom. The van der Waals surface area contributed by atoms with Crippen LogP contribution < -0.4 is 19.8 Å². The number of hydrogen-bond donors (Lipinski definition) is 2. The monoisotopic (exact) mass is 466 g/mol. The van der Waals surface area contributed by atoms with Gasteiger partial charge in [0.2, 0.25) is 0 Å². The largest absolute Gasteiger partial charge is 0.493 e. The topological polar surface area (TPSA) is 120 Å². The number of carboxylic acid groups (broad SMARTS) is 1. The molecular weight excluding hydrogens is 448 g/mol. The number of fused-ring (bicyclic) bond motifs is 1. The first-order valence-corrected chi connectivity index (χ1v) is 10.4. The number of benzene rings is 1. The van der Waals surface area contributed by atoms with E-state index in [9.17, 15) is 19.9 Å². The van der Waals surface area contributed by atoms with Crippen molar-refractivity contribution in [2.75, 3.05) is 14.2 Å². The number of carboxylic acids is 1. The number of ether oxygens (including phenoxy) is 3. The lowest BCUT2D eigenvalue weighted by molar-refractivity contribution is -0.130. The maximum Gasteiger partial charge on any atom is 0.336 e. The highest BCUT2D eigenvalue weighted by atomic mass is 32.1. The lowest BCUT2D eigenvalue weighted by Crippen LogP contribution is -2.15. The molecule has 0 atom stereocenters. The van der Waals surface area contributed by atoms with Crippen molar-refractivity contribution in [2.24, 2.45) is 0 Å². The summed E-state index contributed by atoms with van der Waals surface area (Å²) in [4.78, 5) is 28.3. The summed E-state index contributed by atoms with van der Waals surface area (Å²) in [6.45, 7) is 0. The Kier molecular flexibility index (Phi) is 6.01. The van der Waals surface area contributed by atoms with Crippen molar-refractivity contribution in [2.45, 2.75) is 0 Å². The molecule has 0 fully saturated rings. The van der Waals surface area contributed by atoms with Gasteiger partial charge in [-0.25, -0.2) is 4.79 Å². The molecule has 9 nitrogen and oxygen atoms in total. The molecule has 33 heavy (non-hydrogen) atoms. The molecule has 0 aliphatic rings. The normalized spacial score (nSPS) is 11.4. The highest BCUT2D eigenvalue weighted by Gasteiger charge is 2.20. The van der Waals surface area contributed by atoms with Gasteiger partial charge in [0.1, 0.15) is 5.75 Å². The first kappa shape index (κ1) is 21.9. The highest BCUT2D eigenvalue weighted by molar-refractivity contribution is 7.20. The number of aliphatic carboxylic acids is 1. The number of methoxy groups -OCH3 is 2. The quantitative estimate of drug-likeness (QED) is 0.308. The molecule has 0 bridgehead atoms. The summed E-state index contributed by atoms with van der Waals surface area (Å²) in [5.74, 6) is 0.349. The van der Waals surface area contributed by atoms with Gasteiger partial charge in [0.05, 0.1) is 30.9 Å². The van der Waals surface area contributed by atoms with E-state index in [1.165, 1.54) is 50.1 Å². The Balaban J connectivity index is 1.95. The number of rotatable bonds is 7. The summed E-state index contributed by atoms with van der Waals surface area (Å²) >= 11 is 1.29. The van der Waals surface area contributed by atoms with Crippen LogP contribution in [0.25, 0.3) is 21.7 Å². The molecule has 0 aliphatic heterocycles. The van der Waals surface area contributed by atoms with Gasteiger partial charge in [0.15, 0.2) is 17.2 Å². The van der Waals surface area contributed by atoms with Crippen molar-refractivity contribution in [3.05, 3.63) is 75.8 Å². The summed E-state index contributed by atoms with van der Waals surface area (Å²) in [5.41, 5.74) is -0.163. The first-order valence-electron chi connectivity index (χ1n) is 9.55. The second-order valence-corrected chi connectivity index (χ2v) is 7.83. The molecule has 0 radical (unpaired) electrons. The van der Waals surface area contributed by atoms with E-state index in [1.807, 2.05) is 0 Å². The van der Waals surface area contributed by atoms with E-state index in [-0.39, 0.29) is 11.3 Å². The van der Waals surface area contributed by atoms with Gasteiger partial charge in [0, 0.05) is 40.7 Å². The summed E-state index contributed by atoms with van der Waals surface area (Å²) < 4.78 is 18.0. The van der Waals surface area contributed by atoms with Crippen molar-refractivity contribution >= 4 is 39.0 Å². The Bertz CT molecular complexity index is 1420. The molecule has 3 heterocycles. The molecule has 4 rings (SSSR count). The molecule has 0 saturated heterocycles. The summed E-state index contributed by atoms with van der Waals surface area (Å²) in [6.07, 6.45) is 5.68. The van der Waals surface area contributed by atoms with E-state index in [4.69, 9.17) is 14.2 Å². The minimum Gasteiger partial charge on any atom is -0.493 e. The zero-order valence-corrected chi connectivity index (χ0v) is 18.3. The van der Waals surface area contributed by atoms with Crippen molar-refractivity contribution < 1.29 is 29.3 Å². The van der Waals surface area contributed by atoms with Crippen LogP contribution in [0.3, 0.4) is 0 Å². The smallest absolute Gasteiger partial charge is 0.336 e. The van der Waals surface area contributed by atoms with Crippen molar-refractivity contribution in [1.29, 1.82) is 0 Å². The molecule has 1 aromatic carbocycles. The van der Waals surface area contributed by atoms with E-state index in [2.05, 4.69) is 4.98 Å². The first-order chi connectivity index (χ1) is 15.9. The molecule has 4 aromatic rings. The van der Waals surface area contributed by atoms with Gasteiger partial charge in [0.25, 0.3) is 5.56 Å². The Morgan fingerprint density at radius 3 is 2.42 bits per heavy atom. The Morgan fingerprint density at radius 1 is 1.09 bits per heavy atom. The zero-order valence-electron chi connectivity index (χ0n) is 17.5.